The molecule has 0 heterocycles. The Morgan fingerprint density at radius 2 is 1.54 bits per heavy atom. The standard InChI is InChI=1S/C15H20F5NO3S2/c1-13(2,3)25(22)21-12(9-10-14(16,17)18)15(19,20)26(23,24)11-7-5-4-6-8-11/h4-8,12,21H,9-10H2,1-3H3/t12-,25+/m0/s1. The summed E-state index contributed by atoms with van der Waals surface area (Å²) in [6.07, 6.45) is -7.66. The SMILES string of the molecule is CC(C)(C)[S@@](=O)N[C@@H](CCC(F)(F)F)C(F)(F)S(=O)(=O)c1ccccc1. The zero-order valence-electron chi connectivity index (χ0n) is 14.3. The second-order valence-electron chi connectivity index (χ2n) is 6.58. The minimum Gasteiger partial charge on any atom is -0.242 e. The maximum Gasteiger partial charge on any atom is 0.389 e. The van der Waals surface area contributed by atoms with E-state index in [-0.39, 0.29) is 0 Å². The van der Waals surface area contributed by atoms with Gasteiger partial charge in [0.1, 0.15) is 0 Å². The largest absolute Gasteiger partial charge is 0.389 e. The van der Waals surface area contributed by atoms with Crippen molar-refractivity contribution in [3.8, 4) is 0 Å². The highest BCUT2D eigenvalue weighted by Gasteiger charge is 2.54. The van der Waals surface area contributed by atoms with Crippen molar-refractivity contribution >= 4 is 20.8 Å². The molecule has 0 radical (unpaired) electrons. The molecule has 0 saturated carbocycles. The van der Waals surface area contributed by atoms with Gasteiger partial charge >= 0.3 is 11.4 Å². The minimum atomic E-state index is -5.29. The highest BCUT2D eigenvalue weighted by atomic mass is 32.2. The molecule has 1 rings (SSSR count). The molecule has 0 fully saturated rings. The highest BCUT2D eigenvalue weighted by molar-refractivity contribution is 7.92. The first kappa shape index (κ1) is 23.0. The van der Waals surface area contributed by atoms with Crippen LogP contribution in [0.25, 0.3) is 0 Å². The molecule has 0 spiro atoms. The number of sulfone groups is 1. The lowest BCUT2D eigenvalue weighted by Crippen LogP contribution is -2.53. The molecule has 0 saturated heterocycles. The number of benzene rings is 1. The molecule has 0 aliphatic rings. The van der Waals surface area contributed by atoms with Gasteiger partial charge in [-0.25, -0.2) is 17.3 Å². The second kappa shape index (κ2) is 7.89. The summed E-state index contributed by atoms with van der Waals surface area (Å²) in [5.41, 5.74) is 0. The van der Waals surface area contributed by atoms with E-state index in [1.165, 1.54) is 39.0 Å². The van der Waals surface area contributed by atoms with E-state index < -0.39 is 60.8 Å². The lowest BCUT2D eigenvalue weighted by Gasteiger charge is -2.30. The summed E-state index contributed by atoms with van der Waals surface area (Å²) >= 11 is 0. The summed E-state index contributed by atoms with van der Waals surface area (Å²) in [4.78, 5) is -0.731. The van der Waals surface area contributed by atoms with Crippen molar-refractivity contribution in [2.24, 2.45) is 0 Å². The molecule has 150 valence electrons. The zero-order valence-corrected chi connectivity index (χ0v) is 15.9. The van der Waals surface area contributed by atoms with Crippen molar-refractivity contribution in [1.29, 1.82) is 0 Å². The van der Waals surface area contributed by atoms with Crippen molar-refractivity contribution in [2.75, 3.05) is 0 Å². The minimum absolute atomic E-state index is 0.731. The maximum atomic E-state index is 14.7. The molecule has 0 bridgehead atoms. The second-order valence-corrected chi connectivity index (χ2v) is 10.6. The van der Waals surface area contributed by atoms with Crippen LogP contribution in [0.1, 0.15) is 33.6 Å². The van der Waals surface area contributed by atoms with E-state index in [0.29, 0.717) is 0 Å². The van der Waals surface area contributed by atoms with Crippen LogP contribution in [0.15, 0.2) is 35.2 Å². The van der Waals surface area contributed by atoms with Gasteiger partial charge in [0.05, 0.1) is 26.7 Å². The van der Waals surface area contributed by atoms with Crippen LogP contribution in [0.3, 0.4) is 0 Å². The fourth-order valence-corrected chi connectivity index (χ4v) is 4.19. The Kier molecular flexibility index (Phi) is 6.97. The van der Waals surface area contributed by atoms with Gasteiger partial charge in [0, 0.05) is 6.42 Å². The van der Waals surface area contributed by atoms with E-state index in [1.54, 1.807) is 0 Å². The van der Waals surface area contributed by atoms with Crippen LogP contribution < -0.4 is 4.72 Å². The molecule has 26 heavy (non-hydrogen) atoms. The lowest BCUT2D eigenvalue weighted by atomic mass is 10.2. The van der Waals surface area contributed by atoms with Crippen LogP contribution in [0.2, 0.25) is 0 Å². The third kappa shape index (κ3) is 5.71. The lowest BCUT2D eigenvalue weighted by molar-refractivity contribution is -0.138. The predicted molar refractivity (Wildman–Crippen MR) is 88.7 cm³/mol. The van der Waals surface area contributed by atoms with Gasteiger partial charge in [0.2, 0.25) is 9.84 Å². The van der Waals surface area contributed by atoms with Crippen molar-refractivity contribution in [3.63, 3.8) is 0 Å². The van der Waals surface area contributed by atoms with Gasteiger partial charge in [-0.1, -0.05) is 18.2 Å². The van der Waals surface area contributed by atoms with Crippen LogP contribution in [-0.4, -0.2) is 34.8 Å². The summed E-state index contributed by atoms with van der Waals surface area (Å²) in [5.74, 6) is 0. The van der Waals surface area contributed by atoms with Crippen LogP contribution in [0.4, 0.5) is 22.0 Å². The van der Waals surface area contributed by atoms with Crippen LogP contribution in [0, 0.1) is 0 Å². The normalized spacial score (nSPS) is 16.3. The quantitative estimate of drug-likeness (QED) is 0.681. The first-order valence-corrected chi connectivity index (χ1v) is 10.1. The summed E-state index contributed by atoms with van der Waals surface area (Å²) in [6.45, 7) is 4.25. The molecule has 1 aromatic rings. The third-order valence-corrected chi connectivity index (χ3v) is 6.84. The highest BCUT2D eigenvalue weighted by Crippen LogP contribution is 2.36. The Hall–Kier alpha value is -1.07. The Morgan fingerprint density at radius 1 is 1.04 bits per heavy atom. The molecule has 0 unspecified atom stereocenters. The predicted octanol–water partition coefficient (Wildman–Crippen LogP) is 3.82. The van der Waals surface area contributed by atoms with Gasteiger partial charge in [-0.15, -0.1) is 0 Å². The number of hydrogen-bond acceptors (Lipinski definition) is 3. The van der Waals surface area contributed by atoms with E-state index in [1.807, 2.05) is 4.72 Å². The molecule has 1 aromatic carbocycles. The monoisotopic (exact) mass is 421 g/mol. The summed E-state index contributed by atoms with van der Waals surface area (Å²) in [6, 6.07) is 3.21. The maximum absolute atomic E-state index is 14.7. The average Bonchev–Trinajstić information content (AvgIpc) is 2.49. The van der Waals surface area contributed by atoms with Gasteiger partial charge in [-0.2, -0.15) is 22.0 Å². The molecular formula is C15H20F5NO3S2. The van der Waals surface area contributed by atoms with Gasteiger partial charge < -0.3 is 0 Å². The number of alkyl halides is 5. The molecular weight excluding hydrogens is 401 g/mol. The Bertz CT molecular complexity index is 728. The molecule has 1 N–H and O–H groups in total. The van der Waals surface area contributed by atoms with Crippen molar-refractivity contribution in [3.05, 3.63) is 30.3 Å². The topological polar surface area (TPSA) is 63.2 Å². The van der Waals surface area contributed by atoms with E-state index in [2.05, 4.69) is 0 Å². The van der Waals surface area contributed by atoms with Crippen LogP contribution in [0.5, 0.6) is 0 Å². The van der Waals surface area contributed by atoms with Crippen molar-refractivity contribution < 1.29 is 34.6 Å². The molecule has 0 aliphatic carbocycles. The number of rotatable bonds is 7. The van der Waals surface area contributed by atoms with Gasteiger partial charge in [-0.05, 0) is 39.3 Å². The number of halogens is 5. The first-order chi connectivity index (χ1) is 11.6. The van der Waals surface area contributed by atoms with Gasteiger partial charge in [-0.3, -0.25) is 0 Å². The van der Waals surface area contributed by atoms with Crippen molar-refractivity contribution in [2.45, 2.75) is 60.7 Å². The molecule has 0 amide bonds. The van der Waals surface area contributed by atoms with E-state index in [9.17, 15) is 34.6 Å². The number of nitrogens with one attached hydrogen (secondary N) is 1. The van der Waals surface area contributed by atoms with Gasteiger partial charge in [0.25, 0.3) is 0 Å². The summed E-state index contributed by atoms with van der Waals surface area (Å²) in [7, 11) is -7.49. The van der Waals surface area contributed by atoms with E-state index in [0.717, 1.165) is 12.1 Å². The Balaban J connectivity index is 3.27. The van der Waals surface area contributed by atoms with Crippen LogP contribution >= 0.6 is 0 Å². The smallest absolute Gasteiger partial charge is 0.242 e. The molecule has 2 atom stereocenters. The fourth-order valence-electron chi connectivity index (χ4n) is 1.85. The molecule has 4 nitrogen and oxygen atoms in total. The first-order valence-electron chi connectivity index (χ1n) is 7.51. The fraction of sp³-hybridized carbons (Fsp3) is 0.600. The average molecular weight is 421 g/mol. The summed E-state index contributed by atoms with van der Waals surface area (Å²) < 4.78 is 104. The van der Waals surface area contributed by atoms with E-state index in [4.69, 9.17) is 0 Å². The molecule has 0 aliphatic heterocycles. The van der Waals surface area contributed by atoms with Gasteiger partial charge in [0.15, 0.2) is 0 Å². The van der Waals surface area contributed by atoms with Crippen molar-refractivity contribution in [1.82, 2.24) is 4.72 Å². The Labute approximate surface area is 151 Å². The summed E-state index contributed by atoms with van der Waals surface area (Å²) in [5, 5.41) is -4.60. The molecule has 11 heteroatoms. The van der Waals surface area contributed by atoms with E-state index >= 15 is 0 Å². The third-order valence-electron chi connectivity index (χ3n) is 3.34. The Morgan fingerprint density at radius 3 is 1.96 bits per heavy atom. The number of hydrogen-bond donors (Lipinski definition) is 1. The zero-order chi connectivity index (χ0) is 20.4. The van der Waals surface area contributed by atoms with Crippen LogP contribution in [-0.2, 0) is 20.8 Å². The molecule has 0 aromatic heterocycles.